The second-order valence-electron chi connectivity index (χ2n) is 4.69. The van der Waals surface area contributed by atoms with Crippen molar-refractivity contribution in [1.82, 2.24) is 25.4 Å². The summed E-state index contributed by atoms with van der Waals surface area (Å²) in [6.45, 7) is 3.02. The molecule has 2 N–H and O–H groups in total. The molecule has 0 unspecified atom stereocenters. The van der Waals surface area contributed by atoms with Crippen LogP contribution in [0.1, 0.15) is 16.8 Å². The van der Waals surface area contributed by atoms with E-state index >= 15 is 0 Å². The summed E-state index contributed by atoms with van der Waals surface area (Å²) in [5.41, 5.74) is 3.09. The monoisotopic (exact) mass is 273 g/mol. The van der Waals surface area contributed by atoms with E-state index in [-0.39, 0.29) is 6.03 Å². The molecule has 0 bridgehead atoms. The summed E-state index contributed by atoms with van der Waals surface area (Å²) >= 11 is 0. The van der Waals surface area contributed by atoms with Gasteiger partial charge < -0.3 is 10.6 Å². The summed E-state index contributed by atoms with van der Waals surface area (Å²) in [5.74, 6) is 0. The van der Waals surface area contributed by atoms with Gasteiger partial charge in [-0.25, -0.2) is 4.79 Å². The van der Waals surface area contributed by atoms with Gasteiger partial charge in [0.1, 0.15) is 0 Å². The first-order chi connectivity index (χ1) is 9.63. The Balaban J connectivity index is 1.66. The number of aromatic nitrogens is 3. The Morgan fingerprint density at radius 1 is 1.25 bits per heavy atom. The van der Waals surface area contributed by atoms with E-state index < -0.39 is 0 Å². The fourth-order valence-electron chi connectivity index (χ4n) is 1.77. The van der Waals surface area contributed by atoms with Crippen LogP contribution in [0.25, 0.3) is 0 Å². The number of carbonyl (C=O) groups excluding carboxylic acids is 1. The van der Waals surface area contributed by atoms with E-state index in [9.17, 15) is 4.79 Å². The van der Waals surface area contributed by atoms with Crippen LogP contribution in [0.2, 0.25) is 0 Å². The third-order valence-electron chi connectivity index (χ3n) is 2.88. The molecule has 6 nitrogen and oxygen atoms in total. The van der Waals surface area contributed by atoms with Crippen molar-refractivity contribution in [3.8, 4) is 0 Å². The molecule has 0 aliphatic heterocycles. The molecule has 0 aliphatic carbocycles. The molecule has 20 heavy (non-hydrogen) atoms. The van der Waals surface area contributed by atoms with Crippen LogP contribution < -0.4 is 10.6 Å². The molecule has 106 valence electrons. The lowest BCUT2D eigenvalue weighted by Crippen LogP contribution is -2.36. The number of rotatable bonds is 5. The summed E-state index contributed by atoms with van der Waals surface area (Å²) in [4.78, 5) is 15.8. The van der Waals surface area contributed by atoms with Crippen molar-refractivity contribution in [1.29, 1.82) is 0 Å². The number of nitrogens with zero attached hydrogens (tertiary/aromatic N) is 3. The second-order valence-corrected chi connectivity index (χ2v) is 4.69. The number of nitrogens with one attached hydrogen (secondary N) is 2. The van der Waals surface area contributed by atoms with Crippen molar-refractivity contribution < 1.29 is 4.79 Å². The van der Waals surface area contributed by atoms with Gasteiger partial charge in [-0.2, -0.15) is 5.10 Å². The number of hydrogen-bond acceptors (Lipinski definition) is 3. The minimum absolute atomic E-state index is 0.172. The van der Waals surface area contributed by atoms with E-state index in [0.717, 1.165) is 23.2 Å². The van der Waals surface area contributed by atoms with Crippen LogP contribution in [0, 0.1) is 6.92 Å². The Hall–Kier alpha value is -2.37. The quantitative estimate of drug-likeness (QED) is 0.859. The first-order valence-electron chi connectivity index (χ1n) is 6.54. The summed E-state index contributed by atoms with van der Waals surface area (Å²) < 4.78 is 1.71. The van der Waals surface area contributed by atoms with Crippen molar-refractivity contribution in [2.45, 2.75) is 19.9 Å². The Labute approximate surface area is 118 Å². The lowest BCUT2D eigenvalue weighted by Gasteiger charge is -2.06. The van der Waals surface area contributed by atoms with Crippen LogP contribution in [0.15, 0.2) is 30.7 Å². The van der Waals surface area contributed by atoms with Crippen molar-refractivity contribution in [3.05, 3.63) is 47.5 Å². The minimum atomic E-state index is -0.172. The highest BCUT2D eigenvalue weighted by molar-refractivity contribution is 5.73. The van der Waals surface area contributed by atoms with E-state index in [1.165, 1.54) is 0 Å². The fourth-order valence-corrected chi connectivity index (χ4v) is 1.77. The third-order valence-corrected chi connectivity index (χ3v) is 2.88. The Morgan fingerprint density at radius 2 is 2.10 bits per heavy atom. The molecule has 2 heterocycles. The van der Waals surface area contributed by atoms with Crippen molar-refractivity contribution in [3.63, 3.8) is 0 Å². The van der Waals surface area contributed by atoms with E-state index in [4.69, 9.17) is 0 Å². The molecule has 6 heteroatoms. The van der Waals surface area contributed by atoms with E-state index in [1.54, 1.807) is 10.9 Å². The van der Waals surface area contributed by atoms with Crippen molar-refractivity contribution >= 4 is 6.03 Å². The van der Waals surface area contributed by atoms with Gasteiger partial charge in [-0.05, 0) is 25.0 Å². The van der Waals surface area contributed by atoms with Gasteiger partial charge in [0.05, 0.1) is 6.20 Å². The average Bonchev–Trinajstić information content (AvgIpc) is 2.85. The van der Waals surface area contributed by atoms with Gasteiger partial charge in [-0.15, -0.1) is 0 Å². The van der Waals surface area contributed by atoms with Crippen LogP contribution >= 0.6 is 0 Å². The number of hydrogen-bond donors (Lipinski definition) is 2. The molecule has 2 rings (SSSR count). The highest BCUT2D eigenvalue weighted by Crippen LogP contribution is 1.99. The molecule has 2 aromatic heterocycles. The van der Waals surface area contributed by atoms with Crippen molar-refractivity contribution in [2.75, 3.05) is 6.54 Å². The smallest absolute Gasteiger partial charge is 0.315 e. The Morgan fingerprint density at radius 3 is 2.75 bits per heavy atom. The lowest BCUT2D eigenvalue weighted by atomic mass is 10.2. The van der Waals surface area contributed by atoms with E-state index in [2.05, 4.69) is 20.7 Å². The van der Waals surface area contributed by atoms with Gasteiger partial charge in [-0.3, -0.25) is 9.67 Å². The second kappa shape index (κ2) is 6.70. The molecule has 0 aromatic carbocycles. The number of urea groups is 1. The number of pyridine rings is 1. The van der Waals surface area contributed by atoms with Crippen molar-refractivity contribution in [2.24, 2.45) is 7.05 Å². The molecule has 0 atom stereocenters. The van der Waals surface area contributed by atoms with Gasteiger partial charge in [0.25, 0.3) is 0 Å². The Kier molecular flexibility index (Phi) is 4.70. The predicted molar refractivity (Wildman–Crippen MR) is 76.1 cm³/mol. The normalized spacial score (nSPS) is 10.3. The van der Waals surface area contributed by atoms with Crippen LogP contribution in [0.4, 0.5) is 4.79 Å². The summed E-state index contributed by atoms with van der Waals surface area (Å²) in [6.07, 6.45) is 6.22. The van der Waals surface area contributed by atoms with Crippen LogP contribution in [-0.2, 0) is 20.0 Å². The van der Waals surface area contributed by atoms with Gasteiger partial charge in [-0.1, -0.05) is 6.07 Å². The zero-order valence-electron chi connectivity index (χ0n) is 11.8. The first-order valence-corrected chi connectivity index (χ1v) is 6.54. The number of carbonyl (C=O) groups is 1. The highest BCUT2D eigenvalue weighted by Gasteiger charge is 2.01. The maximum atomic E-state index is 11.6. The molecule has 0 aliphatic rings. The molecular weight excluding hydrogens is 254 g/mol. The zero-order valence-corrected chi connectivity index (χ0v) is 11.8. The molecule has 0 radical (unpaired) electrons. The van der Waals surface area contributed by atoms with Crippen LogP contribution in [-0.4, -0.2) is 27.3 Å². The largest absolute Gasteiger partial charge is 0.338 e. The number of aryl methyl sites for hydroxylation is 2. The maximum Gasteiger partial charge on any atom is 0.315 e. The van der Waals surface area contributed by atoms with Gasteiger partial charge >= 0.3 is 6.03 Å². The maximum absolute atomic E-state index is 11.6. The Bertz CT molecular complexity index is 561. The standard InChI is InChI=1S/C14H19N5O/c1-11-3-4-12(7-16-11)5-6-15-14(20)17-8-13-9-18-19(2)10-13/h3-4,7,9-10H,5-6,8H2,1-2H3,(H2,15,17,20). The van der Waals surface area contributed by atoms with E-state index in [0.29, 0.717) is 13.1 Å². The minimum Gasteiger partial charge on any atom is -0.338 e. The van der Waals surface area contributed by atoms with E-state index in [1.807, 2.05) is 38.5 Å². The third kappa shape index (κ3) is 4.38. The molecule has 0 spiro atoms. The highest BCUT2D eigenvalue weighted by atomic mass is 16.2. The van der Waals surface area contributed by atoms with Crippen LogP contribution in [0.3, 0.4) is 0 Å². The van der Waals surface area contributed by atoms with Gasteiger partial charge in [0.15, 0.2) is 0 Å². The van der Waals surface area contributed by atoms with Crippen LogP contribution in [0.5, 0.6) is 0 Å². The molecule has 2 aromatic rings. The first kappa shape index (κ1) is 14.0. The average molecular weight is 273 g/mol. The summed E-state index contributed by atoms with van der Waals surface area (Å²) in [7, 11) is 1.85. The molecule has 0 saturated carbocycles. The zero-order chi connectivity index (χ0) is 14.4. The molecule has 2 amide bonds. The molecule has 0 fully saturated rings. The fraction of sp³-hybridized carbons (Fsp3) is 0.357. The predicted octanol–water partition coefficient (Wildman–Crippen LogP) is 1.17. The number of amides is 2. The van der Waals surface area contributed by atoms with Gasteiger partial charge in [0.2, 0.25) is 0 Å². The molecular formula is C14H19N5O. The summed E-state index contributed by atoms with van der Waals surface area (Å²) in [5, 5.41) is 9.65. The molecule has 0 saturated heterocycles. The topological polar surface area (TPSA) is 71.8 Å². The SMILES string of the molecule is Cc1ccc(CCNC(=O)NCc2cnn(C)c2)cn1. The van der Waals surface area contributed by atoms with Gasteiger partial charge in [0, 0.05) is 43.8 Å². The lowest BCUT2D eigenvalue weighted by molar-refractivity contribution is 0.240. The summed E-state index contributed by atoms with van der Waals surface area (Å²) in [6, 6.07) is 3.82.